The number of nitrogens with one attached hydrogen (secondary N) is 2. The molecule has 0 aliphatic carbocycles. The first-order chi connectivity index (χ1) is 8.81. The topological polar surface area (TPSA) is 35.9 Å². The third-order valence-electron chi connectivity index (χ3n) is 2.73. The molecule has 0 bridgehead atoms. The van der Waals surface area contributed by atoms with E-state index in [0.717, 1.165) is 16.8 Å². The minimum Gasteiger partial charge on any atom is -0.388 e. The van der Waals surface area contributed by atoms with Crippen molar-refractivity contribution in [3.63, 3.8) is 0 Å². The summed E-state index contributed by atoms with van der Waals surface area (Å²) in [5.41, 5.74) is 3.45. The van der Waals surface area contributed by atoms with Crippen molar-refractivity contribution in [1.82, 2.24) is 5.32 Å². The summed E-state index contributed by atoms with van der Waals surface area (Å²) >= 11 is 0. The van der Waals surface area contributed by atoms with Gasteiger partial charge in [0.25, 0.3) is 0 Å². The van der Waals surface area contributed by atoms with Crippen LogP contribution in [0.5, 0.6) is 0 Å². The van der Waals surface area contributed by atoms with Gasteiger partial charge < -0.3 is 10.7 Å². The highest BCUT2D eigenvalue weighted by atomic mass is 14.8. The molecule has 90 valence electrons. The van der Waals surface area contributed by atoms with Crippen molar-refractivity contribution in [2.75, 3.05) is 7.05 Å². The largest absolute Gasteiger partial charge is 0.388 e. The molecular formula is C16H16N2. The normalized spacial score (nSPS) is 11.1. The van der Waals surface area contributed by atoms with E-state index in [2.05, 4.69) is 5.32 Å². The lowest BCUT2D eigenvalue weighted by molar-refractivity contribution is 1.13. The maximum absolute atomic E-state index is 8.10. The summed E-state index contributed by atoms with van der Waals surface area (Å²) in [6.07, 6.45) is 1.85. The van der Waals surface area contributed by atoms with Gasteiger partial charge in [-0.15, -0.1) is 0 Å². The van der Waals surface area contributed by atoms with Crippen LogP contribution >= 0.6 is 0 Å². The molecule has 0 radical (unpaired) electrons. The summed E-state index contributed by atoms with van der Waals surface area (Å²) in [6, 6.07) is 19.8. The predicted octanol–water partition coefficient (Wildman–Crippen LogP) is 3.31. The summed E-state index contributed by atoms with van der Waals surface area (Å²) in [6.45, 7) is 0. The SMILES string of the molecule is CN/C(=C\C(=N)c1ccccc1)c1ccccc1. The minimum absolute atomic E-state index is 0.504. The van der Waals surface area contributed by atoms with Gasteiger partial charge in [0.05, 0.1) is 5.71 Å². The Hall–Kier alpha value is -2.35. The molecular weight excluding hydrogens is 220 g/mol. The summed E-state index contributed by atoms with van der Waals surface area (Å²) in [5.74, 6) is 0. The molecule has 2 heteroatoms. The van der Waals surface area contributed by atoms with Gasteiger partial charge in [0, 0.05) is 12.7 Å². The van der Waals surface area contributed by atoms with E-state index in [0.29, 0.717) is 5.71 Å². The molecule has 0 heterocycles. The second kappa shape index (κ2) is 5.82. The van der Waals surface area contributed by atoms with Gasteiger partial charge in [-0.25, -0.2) is 0 Å². The van der Waals surface area contributed by atoms with E-state index in [1.807, 2.05) is 73.8 Å². The second-order valence-electron chi connectivity index (χ2n) is 3.95. The molecule has 0 aliphatic heterocycles. The first-order valence-corrected chi connectivity index (χ1v) is 5.90. The zero-order valence-corrected chi connectivity index (χ0v) is 10.4. The maximum atomic E-state index is 8.10. The fourth-order valence-electron chi connectivity index (χ4n) is 1.76. The van der Waals surface area contributed by atoms with Gasteiger partial charge in [0.15, 0.2) is 0 Å². The van der Waals surface area contributed by atoms with E-state index in [1.165, 1.54) is 0 Å². The van der Waals surface area contributed by atoms with Crippen LogP contribution in [-0.2, 0) is 0 Å². The molecule has 0 saturated carbocycles. The Balaban J connectivity index is 2.29. The summed E-state index contributed by atoms with van der Waals surface area (Å²) in [7, 11) is 1.87. The standard InChI is InChI=1S/C16H16N2/c1-18-16(14-10-6-3-7-11-14)12-15(17)13-8-4-2-5-9-13/h2-12,17-18H,1H3/b16-12-,17-15?. The van der Waals surface area contributed by atoms with E-state index >= 15 is 0 Å². The summed E-state index contributed by atoms with van der Waals surface area (Å²) < 4.78 is 0. The number of hydrogen-bond donors (Lipinski definition) is 2. The average molecular weight is 236 g/mol. The van der Waals surface area contributed by atoms with E-state index in [9.17, 15) is 0 Å². The molecule has 18 heavy (non-hydrogen) atoms. The van der Waals surface area contributed by atoms with Crippen LogP contribution in [0.1, 0.15) is 11.1 Å². The molecule has 0 aromatic heterocycles. The van der Waals surface area contributed by atoms with Crippen LogP contribution in [0.4, 0.5) is 0 Å². The van der Waals surface area contributed by atoms with Gasteiger partial charge in [-0.3, -0.25) is 0 Å². The van der Waals surface area contributed by atoms with Crippen molar-refractivity contribution in [1.29, 1.82) is 5.41 Å². The lowest BCUT2D eigenvalue weighted by Crippen LogP contribution is -2.07. The molecule has 0 saturated heterocycles. The van der Waals surface area contributed by atoms with Crippen molar-refractivity contribution in [3.8, 4) is 0 Å². The molecule has 2 aromatic carbocycles. The molecule has 0 unspecified atom stereocenters. The molecule has 2 rings (SSSR count). The Labute approximate surface area is 107 Å². The first-order valence-electron chi connectivity index (χ1n) is 5.90. The van der Waals surface area contributed by atoms with Crippen molar-refractivity contribution >= 4 is 11.4 Å². The fourth-order valence-corrected chi connectivity index (χ4v) is 1.76. The molecule has 0 atom stereocenters. The quantitative estimate of drug-likeness (QED) is 0.785. The van der Waals surface area contributed by atoms with Gasteiger partial charge in [-0.05, 0) is 17.2 Å². The number of allylic oxidation sites excluding steroid dienone is 1. The molecule has 0 amide bonds. The molecule has 2 nitrogen and oxygen atoms in total. The third-order valence-corrected chi connectivity index (χ3v) is 2.73. The highest BCUT2D eigenvalue weighted by Crippen LogP contribution is 2.12. The second-order valence-corrected chi connectivity index (χ2v) is 3.95. The van der Waals surface area contributed by atoms with Crippen LogP contribution in [-0.4, -0.2) is 12.8 Å². The highest BCUT2D eigenvalue weighted by molar-refractivity contribution is 6.10. The van der Waals surface area contributed by atoms with Gasteiger partial charge in [-0.2, -0.15) is 0 Å². The van der Waals surface area contributed by atoms with E-state index < -0.39 is 0 Å². The van der Waals surface area contributed by atoms with Crippen molar-refractivity contribution in [2.45, 2.75) is 0 Å². The Morgan fingerprint density at radius 1 is 0.889 bits per heavy atom. The first kappa shape index (κ1) is 12.1. The van der Waals surface area contributed by atoms with Crippen LogP contribution in [0.2, 0.25) is 0 Å². The van der Waals surface area contributed by atoms with Crippen LogP contribution in [0.15, 0.2) is 66.7 Å². The number of hydrogen-bond acceptors (Lipinski definition) is 2. The van der Waals surface area contributed by atoms with Crippen molar-refractivity contribution < 1.29 is 0 Å². The van der Waals surface area contributed by atoms with Crippen LogP contribution in [0.3, 0.4) is 0 Å². The van der Waals surface area contributed by atoms with Gasteiger partial charge in [0.1, 0.15) is 0 Å². The van der Waals surface area contributed by atoms with Gasteiger partial charge in [-0.1, -0.05) is 60.7 Å². The maximum Gasteiger partial charge on any atom is 0.0632 e. The predicted molar refractivity (Wildman–Crippen MR) is 76.7 cm³/mol. The van der Waals surface area contributed by atoms with Gasteiger partial charge in [0.2, 0.25) is 0 Å². The third kappa shape index (κ3) is 2.86. The van der Waals surface area contributed by atoms with E-state index in [1.54, 1.807) is 0 Å². The van der Waals surface area contributed by atoms with E-state index in [4.69, 9.17) is 5.41 Å². The lowest BCUT2D eigenvalue weighted by atomic mass is 10.1. The van der Waals surface area contributed by atoms with E-state index in [-0.39, 0.29) is 0 Å². The molecule has 2 aromatic rings. The molecule has 0 spiro atoms. The van der Waals surface area contributed by atoms with Crippen LogP contribution in [0, 0.1) is 5.41 Å². The Morgan fingerprint density at radius 3 is 1.89 bits per heavy atom. The lowest BCUT2D eigenvalue weighted by Gasteiger charge is -2.07. The zero-order valence-electron chi connectivity index (χ0n) is 10.4. The summed E-state index contributed by atoms with van der Waals surface area (Å²) in [4.78, 5) is 0. The number of rotatable bonds is 4. The van der Waals surface area contributed by atoms with Crippen LogP contribution in [0.25, 0.3) is 5.70 Å². The monoisotopic (exact) mass is 236 g/mol. The average Bonchev–Trinajstić information content (AvgIpc) is 2.46. The Bertz CT molecular complexity index is 542. The molecule has 0 aliphatic rings. The Morgan fingerprint density at radius 2 is 1.39 bits per heavy atom. The fraction of sp³-hybridized carbons (Fsp3) is 0.0625. The molecule has 2 N–H and O–H groups in total. The highest BCUT2D eigenvalue weighted by Gasteiger charge is 2.02. The smallest absolute Gasteiger partial charge is 0.0632 e. The molecule has 0 fully saturated rings. The minimum atomic E-state index is 0.504. The summed E-state index contributed by atoms with van der Waals surface area (Å²) in [5, 5.41) is 11.2. The van der Waals surface area contributed by atoms with Crippen molar-refractivity contribution in [3.05, 3.63) is 77.9 Å². The Kier molecular flexibility index (Phi) is 3.92. The van der Waals surface area contributed by atoms with Gasteiger partial charge >= 0.3 is 0 Å². The van der Waals surface area contributed by atoms with Crippen LogP contribution < -0.4 is 5.32 Å². The van der Waals surface area contributed by atoms with Crippen molar-refractivity contribution in [2.24, 2.45) is 0 Å². The number of benzene rings is 2. The zero-order chi connectivity index (χ0) is 12.8.